The van der Waals surface area contributed by atoms with E-state index in [1.165, 1.54) is 0 Å². The molecular formula is C14H24N4O3S. The van der Waals surface area contributed by atoms with Crippen molar-refractivity contribution in [3.8, 4) is 0 Å². The van der Waals surface area contributed by atoms with Crippen LogP contribution in [0, 0.1) is 0 Å². The average Bonchev–Trinajstić information content (AvgIpc) is 3.28. The molecule has 22 heavy (non-hydrogen) atoms. The summed E-state index contributed by atoms with van der Waals surface area (Å²) in [7, 11) is -1.30. The van der Waals surface area contributed by atoms with Crippen molar-refractivity contribution in [1.29, 1.82) is 0 Å². The molecule has 1 aliphatic heterocycles. The van der Waals surface area contributed by atoms with Crippen LogP contribution in [0.1, 0.15) is 31.4 Å². The second-order valence-electron chi connectivity index (χ2n) is 6.02. The topological polar surface area (TPSA) is 76.5 Å². The predicted molar refractivity (Wildman–Crippen MR) is 82.9 cm³/mol. The molecule has 0 unspecified atom stereocenters. The molecule has 3 rings (SSSR count). The van der Waals surface area contributed by atoms with E-state index in [-0.39, 0.29) is 17.4 Å². The molecule has 0 bridgehead atoms. The lowest BCUT2D eigenvalue weighted by Crippen LogP contribution is -2.49. The maximum atomic E-state index is 12.0. The van der Waals surface area contributed by atoms with E-state index in [4.69, 9.17) is 4.74 Å². The van der Waals surface area contributed by atoms with Gasteiger partial charge in [0.1, 0.15) is 0 Å². The SMILES string of the molecule is CCN1CCO[C@@H](CNS(=O)(=O)C2CC2)[C@@H]1c1cnn(C)c1. The number of nitrogens with one attached hydrogen (secondary N) is 1. The first-order chi connectivity index (χ1) is 10.5. The molecule has 2 aliphatic rings. The predicted octanol–water partition coefficient (Wildman–Crippen LogP) is 0.264. The largest absolute Gasteiger partial charge is 0.374 e. The zero-order valence-corrected chi connectivity index (χ0v) is 13.9. The molecule has 1 saturated heterocycles. The van der Waals surface area contributed by atoms with Gasteiger partial charge in [0.15, 0.2) is 0 Å². The summed E-state index contributed by atoms with van der Waals surface area (Å²) < 4.78 is 34.5. The summed E-state index contributed by atoms with van der Waals surface area (Å²) in [6.07, 6.45) is 5.17. The molecule has 2 fully saturated rings. The van der Waals surface area contributed by atoms with Crippen LogP contribution in [0.2, 0.25) is 0 Å². The quantitative estimate of drug-likeness (QED) is 0.811. The van der Waals surface area contributed by atoms with Gasteiger partial charge in [-0.3, -0.25) is 9.58 Å². The Balaban J connectivity index is 1.74. The molecule has 0 spiro atoms. The van der Waals surface area contributed by atoms with Crippen LogP contribution in [0.25, 0.3) is 0 Å². The van der Waals surface area contributed by atoms with Crippen molar-refractivity contribution in [1.82, 2.24) is 19.4 Å². The first kappa shape index (κ1) is 15.9. The fourth-order valence-electron chi connectivity index (χ4n) is 3.02. The van der Waals surface area contributed by atoms with Crippen LogP contribution in [-0.4, -0.2) is 60.7 Å². The average molecular weight is 328 g/mol. The second kappa shape index (κ2) is 6.27. The van der Waals surface area contributed by atoms with Gasteiger partial charge < -0.3 is 4.74 Å². The highest BCUT2D eigenvalue weighted by Crippen LogP contribution is 2.30. The van der Waals surface area contributed by atoms with Gasteiger partial charge in [0, 0.05) is 31.9 Å². The Labute approximate surface area is 131 Å². The van der Waals surface area contributed by atoms with E-state index < -0.39 is 10.0 Å². The van der Waals surface area contributed by atoms with Crippen molar-refractivity contribution in [2.45, 2.75) is 37.2 Å². The van der Waals surface area contributed by atoms with Crippen LogP contribution in [-0.2, 0) is 21.8 Å². The number of likely N-dealkylation sites (N-methyl/N-ethyl adjacent to an activating group) is 1. The van der Waals surface area contributed by atoms with Gasteiger partial charge in [-0.05, 0) is 19.4 Å². The number of ether oxygens (including phenoxy) is 1. The van der Waals surface area contributed by atoms with E-state index in [1.54, 1.807) is 4.68 Å². The van der Waals surface area contributed by atoms with Crippen LogP contribution in [0.4, 0.5) is 0 Å². The number of hydrogen-bond donors (Lipinski definition) is 1. The van der Waals surface area contributed by atoms with Crippen LogP contribution in [0.5, 0.6) is 0 Å². The molecule has 8 heteroatoms. The maximum Gasteiger partial charge on any atom is 0.214 e. The number of hydrogen-bond acceptors (Lipinski definition) is 5. The van der Waals surface area contributed by atoms with E-state index in [0.717, 1.165) is 31.5 Å². The van der Waals surface area contributed by atoms with E-state index in [1.807, 2.05) is 19.4 Å². The highest BCUT2D eigenvalue weighted by molar-refractivity contribution is 7.90. The number of morpholine rings is 1. The number of nitrogens with zero attached hydrogens (tertiary/aromatic N) is 3. The van der Waals surface area contributed by atoms with Crippen LogP contribution < -0.4 is 4.72 Å². The van der Waals surface area contributed by atoms with E-state index in [2.05, 4.69) is 21.6 Å². The monoisotopic (exact) mass is 328 g/mol. The van der Waals surface area contributed by atoms with Crippen molar-refractivity contribution in [2.24, 2.45) is 7.05 Å². The fourth-order valence-corrected chi connectivity index (χ4v) is 4.41. The second-order valence-corrected chi connectivity index (χ2v) is 8.07. The Morgan fingerprint density at radius 3 is 2.82 bits per heavy atom. The first-order valence-electron chi connectivity index (χ1n) is 7.84. The van der Waals surface area contributed by atoms with Crippen molar-refractivity contribution in [3.05, 3.63) is 18.0 Å². The first-order valence-corrected chi connectivity index (χ1v) is 9.38. The molecule has 1 N–H and O–H groups in total. The van der Waals surface area contributed by atoms with Gasteiger partial charge in [0.2, 0.25) is 10.0 Å². The van der Waals surface area contributed by atoms with Crippen LogP contribution >= 0.6 is 0 Å². The Morgan fingerprint density at radius 2 is 2.23 bits per heavy atom. The summed E-state index contributed by atoms with van der Waals surface area (Å²) in [4.78, 5) is 2.32. The zero-order chi connectivity index (χ0) is 15.7. The molecule has 0 radical (unpaired) electrons. The van der Waals surface area contributed by atoms with Gasteiger partial charge in [0.25, 0.3) is 0 Å². The minimum Gasteiger partial charge on any atom is -0.374 e. The van der Waals surface area contributed by atoms with E-state index >= 15 is 0 Å². The molecule has 1 aromatic rings. The minimum atomic E-state index is -3.18. The van der Waals surface area contributed by atoms with Gasteiger partial charge in [-0.1, -0.05) is 6.92 Å². The third-order valence-electron chi connectivity index (χ3n) is 4.38. The molecule has 0 amide bonds. The van der Waals surface area contributed by atoms with Gasteiger partial charge in [0.05, 0.1) is 30.2 Å². The highest BCUT2D eigenvalue weighted by Gasteiger charge is 2.38. The smallest absolute Gasteiger partial charge is 0.214 e. The van der Waals surface area contributed by atoms with Gasteiger partial charge in [-0.15, -0.1) is 0 Å². The van der Waals surface area contributed by atoms with Crippen molar-refractivity contribution >= 4 is 10.0 Å². The summed E-state index contributed by atoms with van der Waals surface area (Å²) in [6, 6.07) is 0.0364. The van der Waals surface area contributed by atoms with E-state index in [9.17, 15) is 8.42 Å². The zero-order valence-electron chi connectivity index (χ0n) is 13.1. The lowest BCUT2D eigenvalue weighted by atomic mass is 10.0. The fraction of sp³-hybridized carbons (Fsp3) is 0.786. The molecule has 2 atom stereocenters. The Bertz CT molecular complexity index is 611. The van der Waals surface area contributed by atoms with Gasteiger partial charge in [-0.2, -0.15) is 5.10 Å². The summed E-state index contributed by atoms with van der Waals surface area (Å²) in [6.45, 7) is 4.80. The van der Waals surface area contributed by atoms with E-state index in [0.29, 0.717) is 13.2 Å². The van der Waals surface area contributed by atoms with Crippen molar-refractivity contribution in [2.75, 3.05) is 26.2 Å². The third-order valence-corrected chi connectivity index (χ3v) is 6.30. The van der Waals surface area contributed by atoms with Crippen LogP contribution in [0.15, 0.2) is 12.4 Å². The van der Waals surface area contributed by atoms with Crippen LogP contribution in [0.3, 0.4) is 0 Å². The lowest BCUT2D eigenvalue weighted by Gasteiger charge is -2.40. The molecule has 124 valence electrons. The maximum absolute atomic E-state index is 12.0. The number of sulfonamides is 1. The lowest BCUT2D eigenvalue weighted by molar-refractivity contribution is -0.0673. The van der Waals surface area contributed by atoms with Gasteiger partial charge >= 0.3 is 0 Å². The van der Waals surface area contributed by atoms with Crippen molar-refractivity contribution in [3.63, 3.8) is 0 Å². The number of aromatic nitrogens is 2. The number of rotatable bonds is 6. The Morgan fingerprint density at radius 1 is 1.45 bits per heavy atom. The molecular weight excluding hydrogens is 304 g/mol. The standard InChI is InChI=1S/C14H24N4O3S/c1-3-18-6-7-21-13(9-16-22(19,20)12-4-5-12)14(18)11-8-15-17(2)10-11/h8,10,12-14,16H,3-7,9H2,1-2H3/t13-,14-/m0/s1. The summed E-state index contributed by atoms with van der Waals surface area (Å²) in [5.41, 5.74) is 1.07. The molecule has 2 heterocycles. The summed E-state index contributed by atoms with van der Waals surface area (Å²) in [5.74, 6) is 0. The molecule has 7 nitrogen and oxygen atoms in total. The van der Waals surface area contributed by atoms with Gasteiger partial charge in [-0.25, -0.2) is 13.1 Å². The Kier molecular flexibility index (Phi) is 4.54. The highest BCUT2D eigenvalue weighted by atomic mass is 32.2. The summed E-state index contributed by atoms with van der Waals surface area (Å²) >= 11 is 0. The van der Waals surface area contributed by atoms with Crippen molar-refractivity contribution < 1.29 is 13.2 Å². The Hall–Kier alpha value is -0.960. The third kappa shape index (κ3) is 3.34. The normalized spacial score (nSPS) is 27.2. The molecule has 1 saturated carbocycles. The number of aryl methyl sites for hydroxylation is 1. The molecule has 0 aromatic carbocycles. The summed E-state index contributed by atoms with van der Waals surface area (Å²) in [5, 5.41) is 4.04. The molecule has 1 aromatic heterocycles. The molecule has 1 aliphatic carbocycles. The minimum absolute atomic E-state index is 0.0364.